The summed E-state index contributed by atoms with van der Waals surface area (Å²) in [6.07, 6.45) is 1.85. The van der Waals surface area contributed by atoms with Crippen molar-refractivity contribution in [3.05, 3.63) is 11.6 Å². The molecular weight excluding hydrogens is 156 g/mol. The summed E-state index contributed by atoms with van der Waals surface area (Å²) >= 11 is 0. The topological polar surface area (TPSA) is 43.4 Å². The minimum Gasteiger partial charge on any atom is -0.460 e. The minimum atomic E-state index is -0.741. The normalized spacial score (nSPS) is 8.92. The quantitative estimate of drug-likeness (QED) is 0.364. The van der Waals surface area contributed by atoms with Crippen LogP contribution in [0.15, 0.2) is 11.6 Å². The van der Waals surface area contributed by atoms with Crippen molar-refractivity contribution in [3.63, 3.8) is 0 Å². The molecule has 68 valence electrons. The predicted molar refractivity (Wildman–Crippen MR) is 45.7 cm³/mol. The molecule has 0 rings (SSSR count). The first kappa shape index (κ1) is 10.9. The van der Waals surface area contributed by atoms with E-state index in [1.54, 1.807) is 13.0 Å². The molecule has 0 fully saturated rings. The van der Waals surface area contributed by atoms with Gasteiger partial charge >= 0.3 is 5.97 Å². The Morgan fingerprint density at radius 1 is 1.33 bits per heavy atom. The zero-order valence-corrected chi connectivity index (χ0v) is 7.72. The molecule has 0 radical (unpaired) electrons. The highest BCUT2D eigenvalue weighted by Gasteiger charge is 2.11. The highest BCUT2D eigenvalue weighted by Crippen LogP contribution is 1.95. The summed E-state index contributed by atoms with van der Waals surface area (Å²) in [5.74, 6) is -1.23. The zero-order valence-electron chi connectivity index (χ0n) is 7.72. The van der Waals surface area contributed by atoms with Crippen LogP contribution in [0.25, 0.3) is 0 Å². The average molecular weight is 170 g/mol. The third kappa shape index (κ3) is 4.66. The van der Waals surface area contributed by atoms with E-state index in [0.29, 0.717) is 0 Å². The van der Waals surface area contributed by atoms with Gasteiger partial charge in [0.15, 0.2) is 0 Å². The number of ether oxygens (including phenoxy) is 1. The van der Waals surface area contributed by atoms with Crippen LogP contribution in [0.1, 0.15) is 27.2 Å². The summed E-state index contributed by atoms with van der Waals surface area (Å²) < 4.78 is 4.52. The lowest BCUT2D eigenvalue weighted by molar-refractivity contribution is -0.153. The number of allylic oxidation sites excluding steroid dienone is 2. The second kappa shape index (κ2) is 5.52. The minimum absolute atomic E-state index is 0.140. The number of hydrogen-bond acceptors (Lipinski definition) is 3. The molecule has 0 aliphatic carbocycles. The van der Waals surface area contributed by atoms with Gasteiger partial charge in [0.2, 0.25) is 5.78 Å². The van der Waals surface area contributed by atoms with Crippen molar-refractivity contribution < 1.29 is 14.3 Å². The van der Waals surface area contributed by atoms with Crippen LogP contribution < -0.4 is 0 Å². The van der Waals surface area contributed by atoms with Gasteiger partial charge in [0.25, 0.3) is 0 Å². The van der Waals surface area contributed by atoms with Crippen LogP contribution >= 0.6 is 0 Å². The van der Waals surface area contributed by atoms with E-state index in [4.69, 9.17) is 0 Å². The first-order valence-corrected chi connectivity index (χ1v) is 3.91. The van der Waals surface area contributed by atoms with Gasteiger partial charge in [0, 0.05) is 6.42 Å². The Hall–Kier alpha value is -1.12. The standard InChI is InChI=1S/C9H14O3/c1-4-12-9(11)8(10)6-5-7(2)3/h5H,4,6H2,1-3H3. The van der Waals surface area contributed by atoms with E-state index in [1.807, 2.05) is 13.8 Å². The van der Waals surface area contributed by atoms with E-state index in [9.17, 15) is 9.59 Å². The van der Waals surface area contributed by atoms with Gasteiger partial charge in [0.05, 0.1) is 6.61 Å². The van der Waals surface area contributed by atoms with Crippen LogP contribution in [0.4, 0.5) is 0 Å². The summed E-state index contributed by atoms with van der Waals surface area (Å²) in [4.78, 5) is 21.7. The molecule has 3 nitrogen and oxygen atoms in total. The fraction of sp³-hybridized carbons (Fsp3) is 0.556. The summed E-state index contributed by atoms with van der Waals surface area (Å²) in [6.45, 7) is 5.67. The number of rotatable bonds is 4. The van der Waals surface area contributed by atoms with Crippen LogP contribution in [-0.2, 0) is 14.3 Å². The van der Waals surface area contributed by atoms with Crippen LogP contribution in [0.5, 0.6) is 0 Å². The molecule has 0 saturated heterocycles. The predicted octanol–water partition coefficient (Wildman–Crippen LogP) is 1.47. The number of Topliss-reactive ketones (excluding diaryl/α,β-unsaturated/α-hetero) is 1. The molecule has 0 unspecified atom stereocenters. The molecule has 0 aliphatic heterocycles. The molecule has 0 aromatic heterocycles. The van der Waals surface area contributed by atoms with E-state index >= 15 is 0 Å². The summed E-state index contributed by atoms with van der Waals surface area (Å²) in [5.41, 5.74) is 1.02. The van der Waals surface area contributed by atoms with E-state index < -0.39 is 11.8 Å². The van der Waals surface area contributed by atoms with Crippen molar-refractivity contribution in [1.82, 2.24) is 0 Å². The lowest BCUT2D eigenvalue weighted by Gasteiger charge is -1.97. The largest absolute Gasteiger partial charge is 0.460 e. The summed E-state index contributed by atoms with van der Waals surface area (Å²) in [7, 11) is 0. The third-order valence-corrected chi connectivity index (χ3v) is 1.20. The van der Waals surface area contributed by atoms with Gasteiger partial charge in [0.1, 0.15) is 0 Å². The van der Waals surface area contributed by atoms with Crippen molar-refractivity contribution in [1.29, 1.82) is 0 Å². The molecule has 3 heteroatoms. The lowest BCUT2D eigenvalue weighted by atomic mass is 10.2. The van der Waals surface area contributed by atoms with Gasteiger partial charge in [-0.05, 0) is 20.8 Å². The van der Waals surface area contributed by atoms with Crippen LogP contribution in [0.2, 0.25) is 0 Å². The molecule has 0 aliphatic rings. The Kier molecular flexibility index (Phi) is 5.00. The molecule has 0 atom stereocenters. The molecule has 0 spiro atoms. The van der Waals surface area contributed by atoms with Crippen molar-refractivity contribution in [2.24, 2.45) is 0 Å². The van der Waals surface area contributed by atoms with E-state index in [0.717, 1.165) is 5.57 Å². The number of ketones is 1. The Balaban J connectivity index is 3.88. The number of hydrogen-bond donors (Lipinski definition) is 0. The molecular formula is C9H14O3. The SMILES string of the molecule is CCOC(=O)C(=O)CC=C(C)C. The maximum Gasteiger partial charge on any atom is 0.374 e. The molecule has 0 bridgehead atoms. The van der Waals surface area contributed by atoms with Gasteiger partial charge in [-0.1, -0.05) is 11.6 Å². The first-order valence-electron chi connectivity index (χ1n) is 3.91. The highest BCUT2D eigenvalue weighted by atomic mass is 16.5. The van der Waals surface area contributed by atoms with E-state index in [1.165, 1.54) is 0 Å². The van der Waals surface area contributed by atoms with Gasteiger partial charge < -0.3 is 4.74 Å². The molecule has 0 heterocycles. The van der Waals surface area contributed by atoms with Crippen molar-refractivity contribution in [2.75, 3.05) is 6.61 Å². The van der Waals surface area contributed by atoms with Crippen molar-refractivity contribution >= 4 is 11.8 Å². The Morgan fingerprint density at radius 2 is 1.92 bits per heavy atom. The lowest BCUT2D eigenvalue weighted by Crippen LogP contribution is -2.16. The Morgan fingerprint density at radius 3 is 2.33 bits per heavy atom. The summed E-state index contributed by atoms with van der Waals surface area (Å²) in [5, 5.41) is 0. The molecule has 12 heavy (non-hydrogen) atoms. The van der Waals surface area contributed by atoms with E-state index in [2.05, 4.69) is 4.74 Å². The smallest absolute Gasteiger partial charge is 0.374 e. The zero-order chi connectivity index (χ0) is 9.56. The van der Waals surface area contributed by atoms with Gasteiger partial charge in [-0.2, -0.15) is 0 Å². The molecule has 0 N–H and O–H groups in total. The second-order valence-electron chi connectivity index (χ2n) is 2.63. The van der Waals surface area contributed by atoms with Crippen LogP contribution in [0.3, 0.4) is 0 Å². The van der Waals surface area contributed by atoms with Gasteiger partial charge in [-0.3, -0.25) is 4.79 Å². The monoisotopic (exact) mass is 170 g/mol. The highest BCUT2D eigenvalue weighted by molar-refractivity contribution is 6.33. The maximum atomic E-state index is 10.9. The Labute approximate surface area is 72.4 Å². The van der Waals surface area contributed by atoms with Gasteiger partial charge in [-0.25, -0.2) is 4.79 Å². The van der Waals surface area contributed by atoms with Crippen LogP contribution in [-0.4, -0.2) is 18.4 Å². The average Bonchev–Trinajstić information content (AvgIpc) is 2.00. The second-order valence-corrected chi connectivity index (χ2v) is 2.63. The third-order valence-electron chi connectivity index (χ3n) is 1.20. The van der Waals surface area contributed by atoms with Crippen molar-refractivity contribution in [3.8, 4) is 0 Å². The van der Waals surface area contributed by atoms with Crippen LogP contribution in [0, 0.1) is 0 Å². The fourth-order valence-corrected chi connectivity index (χ4v) is 0.592. The first-order chi connectivity index (χ1) is 5.57. The number of esters is 1. The van der Waals surface area contributed by atoms with Crippen molar-refractivity contribution in [2.45, 2.75) is 27.2 Å². The molecule has 0 amide bonds. The van der Waals surface area contributed by atoms with Gasteiger partial charge in [-0.15, -0.1) is 0 Å². The number of carbonyl (C=O) groups is 2. The number of carbonyl (C=O) groups excluding carboxylic acids is 2. The summed E-state index contributed by atoms with van der Waals surface area (Å²) in [6, 6.07) is 0. The fourth-order valence-electron chi connectivity index (χ4n) is 0.592. The molecule has 0 saturated carbocycles. The molecule has 0 aromatic carbocycles. The molecule has 0 aromatic rings. The maximum absolute atomic E-state index is 10.9. The van der Waals surface area contributed by atoms with E-state index in [-0.39, 0.29) is 13.0 Å². The Bertz CT molecular complexity index is 200.